The van der Waals surface area contributed by atoms with Crippen molar-refractivity contribution in [3.63, 3.8) is 0 Å². The normalized spacial score (nSPS) is 26.7. The fraction of sp³-hybridized carbons (Fsp3) is 0.579. The number of fused-ring (bicyclic) bond motifs is 1. The summed E-state index contributed by atoms with van der Waals surface area (Å²) in [7, 11) is 0. The molecule has 3 fully saturated rings. The lowest BCUT2D eigenvalue weighted by Crippen LogP contribution is -2.49. The third kappa shape index (κ3) is 3.75. The maximum Gasteiger partial charge on any atom is 0.419 e. The summed E-state index contributed by atoms with van der Waals surface area (Å²) in [5, 5.41) is 0. The fourth-order valence-corrected chi connectivity index (χ4v) is 4.65. The van der Waals surface area contributed by atoms with Gasteiger partial charge in [-0.3, -0.25) is 4.90 Å². The van der Waals surface area contributed by atoms with E-state index in [1.165, 1.54) is 10.8 Å². The van der Waals surface area contributed by atoms with Crippen LogP contribution >= 0.6 is 0 Å². The molecule has 2 aromatic rings. The van der Waals surface area contributed by atoms with Crippen molar-refractivity contribution in [2.45, 2.75) is 30.9 Å². The highest BCUT2D eigenvalue weighted by molar-refractivity contribution is 5.62. The SMILES string of the molecule is Nc1ncc(-c2cn([C@@H]3[C@@H]4CN(C5COC5)C[C@@H]43)c(CC(F)(F)F)n2)cc1C(F)(F)F. The summed E-state index contributed by atoms with van der Waals surface area (Å²) in [6.45, 7) is 2.88. The van der Waals surface area contributed by atoms with Crippen molar-refractivity contribution in [2.75, 3.05) is 32.0 Å². The number of nitrogen functional groups attached to an aromatic ring is 1. The monoisotopic (exact) mass is 447 g/mol. The summed E-state index contributed by atoms with van der Waals surface area (Å²) >= 11 is 0. The quantitative estimate of drug-likeness (QED) is 0.730. The van der Waals surface area contributed by atoms with Crippen LogP contribution in [0.3, 0.4) is 0 Å². The van der Waals surface area contributed by atoms with Gasteiger partial charge in [0.15, 0.2) is 0 Å². The molecule has 2 aliphatic heterocycles. The number of piperidine rings is 1. The second-order valence-electron chi connectivity index (χ2n) is 8.36. The first-order valence-electron chi connectivity index (χ1n) is 9.80. The van der Waals surface area contributed by atoms with Crippen LogP contribution in [-0.4, -0.2) is 58.0 Å². The Kier molecular flexibility index (Phi) is 4.53. The highest BCUT2D eigenvalue weighted by Gasteiger charge is 2.58. The second-order valence-corrected chi connectivity index (χ2v) is 8.36. The van der Waals surface area contributed by atoms with E-state index in [-0.39, 0.29) is 35.0 Å². The van der Waals surface area contributed by atoms with Crippen LogP contribution < -0.4 is 5.73 Å². The zero-order valence-corrected chi connectivity index (χ0v) is 16.1. The molecular weight excluding hydrogens is 428 g/mol. The average Bonchev–Trinajstić information content (AvgIpc) is 2.94. The Bertz CT molecular complexity index is 987. The Morgan fingerprint density at radius 1 is 1.10 bits per heavy atom. The van der Waals surface area contributed by atoms with Crippen LogP contribution in [-0.2, 0) is 17.3 Å². The van der Waals surface area contributed by atoms with Gasteiger partial charge in [0.2, 0.25) is 0 Å². The molecule has 0 radical (unpaired) electrons. The van der Waals surface area contributed by atoms with E-state index in [0.717, 1.165) is 25.4 Å². The molecule has 6 nitrogen and oxygen atoms in total. The van der Waals surface area contributed by atoms with Crippen molar-refractivity contribution in [1.82, 2.24) is 19.4 Å². The Balaban J connectivity index is 1.45. The first kappa shape index (κ1) is 20.6. The minimum atomic E-state index is -4.73. The summed E-state index contributed by atoms with van der Waals surface area (Å²) in [6, 6.07) is 1.00. The number of hydrogen-bond acceptors (Lipinski definition) is 5. The van der Waals surface area contributed by atoms with Crippen molar-refractivity contribution in [3.05, 3.63) is 29.8 Å². The number of anilines is 1. The molecule has 2 saturated heterocycles. The molecule has 31 heavy (non-hydrogen) atoms. The molecule has 2 aromatic heterocycles. The smallest absolute Gasteiger partial charge is 0.383 e. The van der Waals surface area contributed by atoms with Gasteiger partial charge in [-0.2, -0.15) is 26.3 Å². The molecule has 5 rings (SSSR count). The summed E-state index contributed by atoms with van der Waals surface area (Å²) in [4.78, 5) is 9.90. The number of likely N-dealkylation sites (tertiary alicyclic amines) is 1. The fourth-order valence-electron chi connectivity index (χ4n) is 4.65. The number of imidazole rings is 1. The molecule has 3 atom stereocenters. The molecule has 0 aromatic carbocycles. The largest absolute Gasteiger partial charge is 0.419 e. The molecule has 4 heterocycles. The van der Waals surface area contributed by atoms with E-state index in [4.69, 9.17) is 10.5 Å². The van der Waals surface area contributed by atoms with Gasteiger partial charge in [-0.15, -0.1) is 0 Å². The molecule has 1 aliphatic carbocycles. The van der Waals surface area contributed by atoms with E-state index < -0.39 is 30.2 Å². The molecule has 3 aliphatic rings. The third-order valence-corrected chi connectivity index (χ3v) is 6.32. The van der Waals surface area contributed by atoms with Crippen LogP contribution in [0.5, 0.6) is 0 Å². The number of aromatic nitrogens is 3. The standard InChI is InChI=1S/C19H19F6N5O/c20-18(21,22)2-15-28-14(9-1-13(19(23,24)25)17(26)27-3-9)6-30(15)16-11-4-29(5-12(11)16)10-7-31-8-10/h1,3,6,10-12,16H,2,4-5,7-8H2,(H2,26,27)/t11-,12+,16-. The predicted molar refractivity (Wildman–Crippen MR) is 96.8 cm³/mol. The molecular formula is C19H19F6N5O. The highest BCUT2D eigenvalue weighted by atomic mass is 19.4. The van der Waals surface area contributed by atoms with E-state index in [0.29, 0.717) is 19.3 Å². The van der Waals surface area contributed by atoms with Crippen molar-refractivity contribution in [2.24, 2.45) is 11.8 Å². The number of alkyl halides is 6. The van der Waals surface area contributed by atoms with Gasteiger partial charge in [-0.25, -0.2) is 9.97 Å². The Hall–Kier alpha value is -2.34. The van der Waals surface area contributed by atoms with Crippen LogP contribution in [0.2, 0.25) is 0 Å². The Labute approximate surface area is 173 Å². The van der Waals surface area contributed by atoms with Crippen molar-refractivity contribution >= 4 is 5.82 Å². The topological polar surface area (TPSA) is 69.2 Å². The number of nitrogens with two attached hydrogens (primary N) is 1. The van der Waals surface area contributed by atoms with Gasteiger partial charge in [-0.05, 0) is 17.9 Å². The van der Waals surface area contributed by atoms with Gasteiger partial charge in [0.1, 0.15) is 18.1 Å². The van der Waals surface area contributed by atoms with E-state index in [9.17, 15) is 26.3 Å². The number of rotatable bonds is 4. The highest BCUT2D eigenvalue weighted by Crippen LogP contribution is 2.56. The van der Waals surface area contributed by atoms with Crippen LogP contribution in [0.25, 0.3) is 11.3 Å². The van der Waals surface area contributed by atoms with E-state index in [1.807, 2.05) is 0 Å². The first-order valence-corrected chi connectivity index (χ1v) is 9.80. The van der Waals surface area contributed by atoms with Gasteiger partial charge in [0.25, 0.3) is 0 Å². The minimum absolute atomic E-state index is 0.0199. The van der Waals surface area contributed by atoms with Crippen molar-refractivity contribution < 1.29 is 31.1 Å². The minimum Gasteiger partial charge on any atom is -0.383 e. The van der Waals surface area contributed by atoms with Gasteiger partial charge in [0, 0.05) is 37.1 Å². The molecule has 12 heteroatoms. The van der Waals surface area contributed by atoms with Crippen molar-refractivity contribution in [3.8, 4) is 11.3 Å². The van der Waals surface area contributed by atoms with Gasteiger partial charge in [-0.1, -0.05) is 0 Å². The Morgan fingerprint density at radius 3 is 2.32 bits per heavy atom. The number of nitrogens with zero attached hydrogens (tertiary/aromatic N) is 4. The number of ether oxygens (including phenoxy) is 1. The molecule has 0 spiro atoms. The summed E-state index contributed by atoms with van der Waals surface area (Å²) in [6.07, 6.45) is -7.96. The van der Waals surface area contributed by atoms with Gasteiger partial charge in [0.05, 0.1) is 30.5 Å². The molecule has 0 bridgehead atoms. The number of halogens is 6. The maximum atomic E-state index is 13.2. The molecule has 2 N–H and O–H groups in total. The van der Waals surface area contributed by atoms with Crippen LogP contribution in [0.15, 0.2) is 18.5 Å². The lowest BCUT2D eigenvalue weighted by molar-refractivity contribution is -0.137. The van der Waals surface area contributed by atoms with Crippen LogP contribution in [0.1, 0.15) is 17.4 Å². The van der Waals surface area contributed by atoms with Gasteiger partial charge < -0.3 is 15.0 Å². The van der Waals surface area contributed by atoms with E-state index in [1.54, 1.807) is 0 Å². The molecule has 0 unspecified atom stereocenters. The first-order chi connectivity index (χ1) is 14.5. The van der Waals surface area contributed by atoms with Crippen LogP contribution in [0.4, 0.5) is 32.2 Å². The molecule has 168 valence electrons. The summed E-state index contributed by atoms with van der Waals surface area (Å²) in [5.74, 6) is -0.497. The molecule has 1 saturated carbocycles. The van der Waals surface area contributed by atoms with Crippen molar-refractivity contribution in [1.29, 1.82) is 0 Å². The van der Waals surface area contributed by atoms with E-state index >= 15 is 0 Å². The van der Waals surface area contributed by atoms with E-state index in [2.05, 4.69) is 14.9 Å². The Morgan fingerprint density at radius 2 is 1.77 bits per heavy atom. The second kappa shape index (κ2) is 6.83. The number of pyridine rings is 1. The lowest BCUT2D eigenvalue weighted by atomic mass is 10.1. The maximum absolute atomic E-state index is 13.2. The third-order valence-electron chi connectivity index (χ3n) is 6.32. The molecule has 0 amide bonds. The number of hydrogen-bond donors (Lipinski definition) is 1. The average molecular weight is 447 g/mol. The summed E-state index contributed by atoms with van der Waals surface area (Å²) < 4.78 is 85.7. The van der Waals surface area contributed by atoms with Crippen LogP contribution in [0, 0.1) is 11.8 Å². The zero-order chi connectivity index (χ0) is 22.1. The summed E-state index contributed by atoms with van der Waals surface area (Å²) in [5.41, 5.74) is 4.18. The van der Waals surface area contributed by atoms with Gasteiger partial charge >= 0.3 is 12.4 Å². The lowest BCUT2D eigenvalue weighted by Gasteiger charge is -2.36. The predicted octanol–water partition coefficient (Wildman–Crippen LogP) is 3.15. The zero-order valence-electron chi connectivity index (χ0n) is 16.1.